The molecule has 0 heterocycles. The maximum Gasteiger partial charge on any atom is 0.0389 e. The van der Waals surface area contributed by atoms with Gasteiger partial charge in [-0.3, -0.25) is 0 Å². The van der Waals surface area contributed by atoms with Crippen molar-refractivity contribution < 1.29 is 0 Å². The van der Waals surface area contributed by atoms with Crippen LogP contribution in [0.25, 0.3) is 10.8 Å². The van der Waals surface area contributed by atoms with Crippen molar-refractivity contribution in [3.05, 3.63) is 71.3 Å². The van der Waals surface area contributed by atoms with E-state index in [0.717, 1.165) is 37.1 Å². The van der Waals surface area contributed by atoms with Gasteiger partial charge in [-0.05, 0) is 66.5 Å². The van der Waals surface area contributed by atoms with Crippen molar-refractivity contribution in [2.45, 2.75) is 32.1 Å². The Hall–Kier alpha value is -2.19. The topological polar surface area (TPSA) is 27.1 Å². The molecule has 2 nitrogen and oxygen atoms in total. The molecule has 0 bridgehead atoms. The van der Waals surface area contributed by atoms with Crippen molar-refractivity contribution in [3.8, 4) is 0 Å². The number of likely N-dealkylation sites (N-methyl/N-ethyl adjacent to an activating group) is 1. The van der Waals surface area contributed by atoms with Crippen molar-refractivity contribution >= 4 is 16.5 Å². The van der Waals surface area contributed by atoms with Gasteiger partial charge in [0.15, 0.2) is 0 Å². The molecule has 2 aromatic rings. The second kappa shape index (κ2) is 7.79. The lowest BCUT2D eigenvalue weighted by molar-refractivity contribution is 0.439. The normalized spacial score (nSPS) is 16.6. The van der Waals surface area contributed by atoms with E-state index < -0.39 is 0 Å². The van der Waals surface area contributed by atoms with Gasteiger partial charge in [0.1, 0.15) is 0 Å². The van der Waals surface area contributed by atoms with Crippen LogP contribution in [0.15, 0.2) is 60.2 Å². The molecule has 1 atom stereocenters. The second-order valence-electron chi connectivity index (χ2n) is 7.21. The SMILES string of the molecule is CCCCC(=N)c1cc2ccccc2cc1C1C=CC=C1CN(C)C. The number of nitrogens with one attached hydrogen (secondary N) is 1. The van der Waals surface area contributed by atoms with E-state index in [-0.39, 0.29) is 5.92 Å². The Morgan fingerprint density at radius 2 is 1.84 bits per heavy atom. The predicted molar refractivity (Wildman–Crippen MR) is 109 cm³/mol. The smallest absolute Gasteiger partial charge is 0.0389 e. The van der Waals surface area contributed by atoms with Crippen LogP contribution in [0.2, 0.25) is 0 Å². The minimum Gasteiger partial charge on any atom is -0.305 e. The summed E-state index contributed by atoms with van der Waals surface area (Å²) in [5, 5.41) is 11.1. The standard InChI is InChI=1S/C23H28N2/c1-4-5-13-23(24)22-15-18-10-7-6-9-17(18)14-21(22)20-12-8-11-19(20)16-25(2)3/h6-12,14-15,20,24H,4-5,13,16H2,1-3H3. The zero-order valence-corrected chi connectivity index (χ0v) is 15.5. The Balaban J connectivity index is 2.07. The molecule has 0 saturated heterocycles. The van der Waals surface area contributed by atoms with Crippen molar-refractivity contribution in [2.75, 3.05) is 20.6 Å². The number of unbranched alkanes of at least 4 members (excludes halogenated alkanes) is 1. The molecular weight excluding hydrogens is 304 g/mol. The maximum absolute atomic E-state index is 8.67. The lowest BCUT2D eigenvalue weighted by atomic mass is 9.85. The summed E-state index contributed by atoms with van der Waals surface area (Å²) < 4.78 is 0. The first-order valence-electron chi connectivity index (χ1n) is 9.22. The molecule has 2 aromatic carbocycles. The average molecular weight is 332 g/mol. The highest BCUT2D eigenvalue weighted by atomic mass is 15.0. The molecule has 1 N–H and O–H groups in total. The van der Waals surface area contributed by atoms with Gasteiger partial charge < -0.3 is 10.3 Å². The quantitative estimate of drug-likeness (QED) is 0.662. The molecule has 0 saturated carbocycles. The Bertz CT molecular complexity index is 827. The van der Waals surface area contributed by atoms with Crippen molar-refractivity contribution in [3.63, 3.8) is 0 Å². The van der Waals surface area contributed by atoms with Crippen LogP contribution in [0.1, 0.15) is 43.2 Å². The van der Waals surface area contributed by atoms with Crippen molar-refractivity contribution in [1.29, 1.82) is 5.41 Å². The summed E-state index contributed by atoms with van der Waals surface area (Å²) in [7, 11) is 4.22. The second-order valence-corrected chi connectivity index (χ2v) is 7.21. The zero-order chi connectivity index (χ0) is 17.8. The molecule has 1 aliphatic rings. The molecule has 1 aliphatic carbocycles. The van der Waals surface area contributed by atoms with Crippen LogP contribution < -0.4 is 0 Å². The summed E-state index contributed by atoms with van der Waals surface area (Å²) in [6.45, 7) is 3.14. The monoisotopic (exact) mass is 332 g/mol. The van der Waals surface area contributed by atoms with Gasteiger partial charge in [0.05, 0.1) is 0 Å². The first-order valence-corrected chi connectivity index (χ1v) is 9.22. The largest absolute Gasteiger partial charge is 0.305 e. The van der Waals surface area contributed by atoms with Crippen LogP contribution >= 0.6 is 0 Å². The van der Waals surface area contributed by atoms with Gasteiger partial charge in [0.25, 0.3) is 0 Å². The van der Waals surface area contributed by atoms with E-state index in [9.17, 15) is 0 Å². The molecule has 0 amide bonds. The molecule has 1 unspecified atom stereocenters. The summed E-state index contributed by atoms with van der Waals surface area (Å²) in [6.07, 6.45) is 9.73. The van der Waals surface area contributed by atoms with Gasteiger partial charge in [0.2, 0.25) is 0 Å². The number of fused-ring (bicyclic) bond motifs is 1. The first-order chi connectivity index (χ1) is 12.1. The van der Waals surface area contributed by atoms with Gasteiger partial charge >= 0.3 is 0 Å². The zero-order valence-electron chi connectivity index (χ0n) is 15.5. The van der Waals surface area contributed by atoms with Crippen LogP contribution in [0.4, 0.5) is 0 Å². The molecule has 2 heteroatoms. The molecule has 0 radical (unpaired) electrons. The Kier molecular flexibility index (Phi) is 5.50. The summed E-state index contributed by atoms with van der Waals surface area (Å²) in [4.78, 5) is 2.22. The molecular formula is C23H28N2. The molecule has 0 aromatic heterocycles. The third-order valence-electron chi connectivity index (χ3n) is 4.87. The first kappa shape index (κ1) is 17.6. The van der Waals surface area contributed by atoms with Gasteiger partial charge in [0, 0.05) is 18.2 Å². The van der Waals surface area contributed by atoms with E-state index in [2.05, 4.69) is 80.5 Å². The average Bonchev–Trinajstić information content (AvgIpc) is 3.05. The maximum atomic E-state index is 8.67. The molecule has 25 heavy (non-hydrogen) atoms. The highest BCUT2D eigenvalue weighted by molar-refractivity contribution is 6.03. The molecule has 0 aliphatic heterocycles. The third-order valence-corrected chi connectivity index (χ3v) is 4.87. The number of hydrogen-bond donors (Lipinski definition) is 1. The van der Waals surface area contributed by atoms with E-state index >= 15 is 0 Å². The van der Waals surface area contributed by atoms with E-state index in [1.54, 1.807) is 0 Å². The van der Waals surface area contributed by atoms with Gasteiger partial charge in [-0.1, -0.05) is 55.8 Å². The van der Waals surface area contributed by atoms with Crippen molar-refractivity contribution in [1.82, 2.24) is 4.90 Å². The number of benzene rings is 2. The molecule has 0 spiro atoms. The van der Waals surface area contributed by atoms with Crippen LogP contribution in [0, 0.1) is 5.41 Å². The van der Waals surface area contributed by atoms with E-state index in [0.29, 0.717) is 0 Å². The molecule has 0 fully saturated rings. The van der Waals surface area contributed by atoms with Crippen LogP contribution in [-0.4, -0.2) is 31.3 Å². The van der Waals surface area contributed by atoms with Gasteiger partial charge in [-0.2, -0.15) is 0 Å². The number of nitrogens with zero attached hydrogens (tertiary/aromatic N) is 1. The van der Waals surface area contributed by atoms with E-state index in [1.807, 2.05) is 0 Å². The number of rotatable bonds is 7. The lowest BCUT2D eigenvalue weighted by Gasteiger charge is -2.22. The van der Waals surface area contributed by atoms with Crippen LogP contribution in [-0.2, 0) is 0 Å². The molecule has 130 valence electrons. The van der Waals surface area contributed by atoms with Gasteiger partial charge in [-0.25, -0.2) is 0 Å². The minimum absolute atomic E-state index is 0.281. The lowest BCUT2D eigenvalue weighted by Crippen LogP contribution is -2.18. The van der Waals surface area contributed by atoms with E-state index in [1.165, 1.54) is 21.9 Å². The fraction of sp³-hybridized carbons (Fsp3) is 0.348. The number of hydrogen-bond acceptors (Lipinski definition) is 2. The fourth-order valence-electron chi connectivity index (χ4n) is 3.60. The highest BCUT2D eigenvalue weighted by Gasteiger charge is 2.22. The Morgan fingerprint density at radius 1 is 1.12 bits per heavy atom. The summed E-state index contributed by atoms with van der Waals surface area (Å²) in [5.74, 6) is 0.281. The number of allylic oxidation sites excluding steroid dienone is 3. The summed E-state index contributed by atoms with van der Waals surface area (Å²) in [6, 6.07) is 13.0. The molecule has 3 rings (SSSR count). The Morgan fingerprint density at radius 3 is 2.52 bits per heavy atom. The van der Waals surface area contributed by atoms with E-state index in [4.69, 9.17) is 5.41 Å². The Labute approximate surface area is 151 Å². The summed E-state index contributed by atoms with van der Waals surface area (Å²) in [5.41, 5.74) is 4.58. The summed E-state index contributed by atoms with van der Waals surface area (Å²) >= 11 is 0. The van der Waals surface area contributed by atoms with Gasteiger partial charge in [-0.15, -0.1) is 0 Å². The predicted octanol–water partition coefficient (Wildman–Crippen LogP) is 5.54. The fourth-order valence-corrected chi connectivity index (χ4v) is 3.60. The van der Waals surface area contributed by atoms with Crippen LogP contribution in [0.3, 0.4) is 0 Å². The van der Waals surface area contributed by atoms with Crippen molar-refractivity contribution in [2.24, 2.45) is 0 Å². The highest BCUT2D eigenvalue weighted by Crippen LogP contribution is 2.35. The minimum atomic E-state index is 0.281. The third kappa shape index (κ3) is 3.91. The van der Waals surface area contributed by atoms with Crippen LogP contribution in [0.5, 0.6) is 0 Å².